The maximum Gasteiger partial charge on any atom is 0.255 e. The van der Waals surface area contributed by atoms with E-state index in [1.807, 2.05) is 43.6 Å². The summed E-state index contributed by atoms with van der Waals surface area (Å²) in [6.07, 6.45) is 16.0. The van der Waals surface area contributed by atoms with Crippen molar-refractivity contribution in [2.75, 3.05) is 12.4 Å². The van der Waals surface area contributed by atoms with Crippen LogP contribution in [0.25, 0.3) is 0 Å². The molecule has 0 aromatic heterocycles. The third-order valence-corrected chi connectivity index (χ3v) is 4.65. The zero-order chi connectivity index (χ0) is 21.8. The molecule has 0 spiro atoms. The lowest BCUT2D eigenvalue weighted by Gasteiger charge is -2.14. The molecule has 30 heavy (non-hydrogen) atoms. The molecule has 1 atom stereocenters. The maximum absolute atomic E-state index is 12.1. The monoisotopic (exact) mass is 405 g/mol. The molecule has 0 saturated heterocycles. The van der Waals surface area contributed by atoms with Gasteiger partial charge in [0.1, 0.15) is 0 Å². The summed E-state index contributed by atoms with van der Waals surface area (Å²) < 4.78 is 5.31. The number of methoxy groups -OCH3 is 1. The molecule has 0 heterocycles. The van der Waals surface area contributed by atoms with E-state index in [2.05, 4.69) is 41.3 Å². The van der Waals surface area contributed by atoms with E-state index >= 15 is 0 Å². The van der Waals surface area contributed by atoms with E-state index in [4.69, 9.17) is 4.74 Å². The van der Waals surface area contributed by atoms with Crippen molar-refractivity contribution in [3.8, 4) is 0 Å². The third kappa shape index (κ3) is 7.59. The van der Waals surface area contributed by atoms with Crippen LogP contribution < -0.4 is 10.6 Å². The van der Waals surface area contributed by atoms with Crippen molar-refractivity contribution in [2.45, 2.75) is 39.2 Å². The van der Waals surface area contributed by atoms with Crippen molar-refractivity contribution >= 4 is 17.8 Å². The lowest BCUT2D eigenvalue weighted by atomic mass is 10.0. The smallest absolute Gasteiger partial charge is 0.255 e. The van der Waals surface area contributed by atoms with Crippen LogP contribution in [0, 0.1) is 0 Å². The zero-order valence-electron chi connectivity index (χ0n) is 18.0. The number of ether oxygens (including phenoxy) is 1. The van der Waals surface area contributed by atoms with Crippen LogP contribution in [0.5, 0.6) is 0 Å². The molecule has 158 valence electrons. The number of amides is 1. The van der Waals surface area contributed by atoms with Crippen molar-refractivity contribution in [1.82, 2.24) is 5.32 Å². The molecule has 0 saturated carbocycles. The van der Waals surface area contributed by atoms with E-state index in [1.165, 1.54) is 5.57 Å². The highest BCUT2D eigenvalue weighted by Crippen LogP contribution is 2.19. The molecule has 2 rings (SSSR count). The van der Waals surface area contributed by atoms with Crippen molar-refractivity contribution in [3.63, 3.8) is 0 Å². The number of rotatable bonds is 10. The molecule has 1 amide bonds. The topological polar surface area (TPSA) is 62.7 Å². The quantitative estimate of drug-likeness (QED) is 0.303. The third-order valence-electron chi connectivity index (χ3n) is 4.65. The molecule has 5 heteroatoms. The minimum Gasteiger partial charge on any atom is -0.501 e. The van der Waals surface area contributed by atoms with E-state index < -0.39 is 0 Å². The van der Waals surface area contributed by atoms with Gasteiger partial charge in [0, 0.05) is 48.8 Å². The van der Waals surface area contributed by atoms with Gasteiger partial charge in [-0.25, -0.2) is 0 Å². The molecule has 1 aliphatic carbocycles. The van der Waals surface area contributed by atoms with Crippen LogP contribution in [0.1, 0.15) is 44.7 Å². The fourth-order valence-corrected chi connectivity index (χ4v) is 2.96. The minimum atomic E-state index is -0.208. The van der Waals surface area contributed by atoms with Gasteiger partial charge in [0.15, 0.2) is 0 Å². The molecule has 1 unspecified atom stereocenters. The lowest BCUT2D eigenvalue weighted by molar-refractivity contribution is -0.112. The number of aliphatic imine (C=N–C) groups is 1. The van der Waals surface area contributed by atoms with Crippen LogP contribution in [-0.2, 0) is 9.53 Å². The average molecular weight is 406 g/mol. The summed E-state index contributed by atoms with van der Waals surface area (Å²) in [7, 11) is 1.71. The summed E-state index contributed by atoms with van der Waals surface area (Å²) >= 11 is 0. The van der Waals surface area contributed by atoms with E-state index in [9.17, 15) is 4.79 Å². The molecule has 0 aliphatic heterocycles. The number of nitrogens with one attached hydrogen (secondary N) is 2. The Morgan fingerprint density at radius 1 is 1.40 bits per heavy atom. The molecular weight excluding hydrogens is 374 g/mol. The van der Waals surface area contributed by atoms with Gasteiger partial charge in [0.05, 0.1) is 12.9 Å². The van der Waals surface area contributed by atoms with Crippen molar-refractivity contribution in [3.05, 3.63) is 90.0 Å². The number of carbonyl (C=O) groups is 1. The Morgan fingerprint density at radius 2 is 2.23 bits per heavy atom. The lowest BCUT2D eigenvalue weighted by Crippen LogP contribution is -2.14. The van der Waals surface area contributed by atoms with Gasteiger partial charge < -0.3 is 15.4 Å². The Hall–Kier alpha value is -3.34. The van der Waals surface area contributed by atoms with E-state index in [1.54, 1.807) is 25.5 Å². The Morgan fingerprint density at radius 3 is 3.00 bits per heavy atom. The molecular formula is C25H31N3O2. The number of benzene rings is 1. The summed E-state index contributed by atoms with van der Waals surface area (Å²) in [5.41, 5.74) is 3.45. The highest BCUT2D eigenvalue weighted by atomic mass is 16.5. The molecule has 0 radical (unpaired) electrons. The Bertz CT molecular complexity index is 891. The number of carbonyl (C=O) groups excluding carboxylic acids is 1. The number of anilines is 1. The zero-order valence-corrected chi connectivity index (χ0v) is 18.0. The second-order valence-corrected chi connectivity index (χ2v) is 6.98. The minimum absolute atomic E-state index is 0.0697. The molecule has 1 aromatic rings. The summed E-state index contributed by atoms with van der Waals surface area (Å²) in [4.78, 5) is 16.4. The first kappa shape index (κ1) is 22.9. The van der Waals surface area contributed by atoms with Crippen LogP contribution in [0.4, 0.5) is 5.69 Å². The van der Waals surface area contributed by atoms with E-state index in [-0.39, 0.29) is 11.9 Å². The second kappa shape index (κ2) is 12.3. The molecule has 1 aliphatic rings. The summed E-state index contributed by atoms with van der Waals surface area (Å²) in [5, 5.41) is 6.16. The van der Waals surface area contributed by atoms with Crippen LogP contribution >= 0.6 is 0 Å². The van der Waals surface area contributed by atoms with Crippen molar-refractivity contribution in [2.24, 2.45) is 4.99 Å². The largest absolute Gasteiger partial charge is 0.501 e. The summed E-state index contributed by atoms with van der Waals surface area (Å²) in [6, 6.07) is 7.81. The van der Waals surface area contributed by atoms with Crippen LogP contribution in [-0.4, -0.2) is 19.2 Å². The number of allylic oxidation sites excluding steroid dienone is 5. The van der Waals surface area contributed by atoms with Gasteiger partial charge in [-0.2, -0.15) is 0 Å². The number of hydrogen-bond donors (Lipinski definition) is 2. The van der Waals surface area contributed by atoms with Crippen LogP contribution in [0.15, 0.2) is 89.4 Å². The predicted octanol–water partition coefficient (Wildman–Crippen LogP) is 5.59. The molecule has 0 bridgehead atoms. The van der Waals surface area contributed by atoms with Crippen LogP contribution in [0.2, 0.25) is 0 Å². The van der Waals surface area contributed by atoms with Gasteiger partial charge in [-0.3, -0.25) is 9.79 Å². The SMILES string of the molecule is C=C(/C=C\C)C(=O)Nc1cccc(C(C)N/C=C/N=C\CC2=CCCC(OC)=C2)c1. The van der Waals surface area contributed by atoms with E-state index in [0.29, 0.717) is 5.57 Å². The number of nitrogens with zero attached hydrogens (tertiary/aromatic N) is 1. The van der Waals surface area contributed by atoms with Gasteiger partial charge in [-0.05, 0) is 49.6 Å². The van der Waals surface area contributed by atoms with Gasteiger partial charge >= 0.3 is 0 Å². The Kier molecular flexibility index (Phi) is 9.38. The molecule has 0 fully saturated rings. The highest BCUT2D eigenvalue weighted by Gasteiger charge is 2.07. The summed E-state index contributed by atoms with van der Waals surface area (Å²) in [5.74, 6) is 0.817. The first-order chi connectivity index (χ1) is 14.5. The van der Waals surface area contributed by atoms with Crippen molar-refractivity contribution < 1.29 is 9.53 Å². The predicted molar refractivity (Wildman–Crippen MR) is 125 cm³/mol. The molecule has 5 nitrogen and oxygen atoms in total. The van der Waals surface area contributed by atoms with Crippen LogP contribution in [0.3, 0.4) is 0 Å². The van der Waals surface area contributed by atoms with Gasteiger partial charge in [-0.1, -0.05) is 36.9 Å². The fourth-order valence-electron chi connectivity index (χ4n) is 2.96. The van der Waals surface area contributed by atoms with Gasteiger partial charge in [0.25, 0.3) is 5.91 Å². The normalized spacial score (nSPS) is 15.2. The Balaban J connectivity index is 1.83. The fraction of sp³-hybridized carbons (Fsp3) is 0.280. The van der Waals surface area contributed by atoms with Gasteiger partial charge in [-0.15, -0.1) is 0 Å². The van der Waals surface area contributed by atoms with Crippen molar-refractivity contribution in [1.29, 1.82) is 0 Å². The van der Waals surface area contributed by atoms with E-state index in [0.717, 1.165) is 36.3 Å². The van der Waals surface area contributed by atoms with Gasteiger partial charge in [0.2, 0.25) is 0 Å². The number of hydrogen-bond acceptors (Lipinski definition) is 4. The summed E-state index contributed by atoms with van der Waals surface area (Å²) in [6.45, 7) is 7.66. The maximum atomic E-state index is 12.1. The molecule has 1 aromatic carbocycles. The highest BCUT2D eigenvalue weighted by molar-refractivity contribution is 6.05. The average Bonchev–Trinajstić information content (AvgIpc) is 2.76. The molecule has 2 N–H and O–H groups in total. The second-order valence-electron chi connectivity index (χ2n) is 6.98. The standard InChI is InChI=1S/C25H31N3O2/c1-5-8-19(2)25(29)28-23-11-7-10-22(18-23)20(3)27-16-15-26-14-13-21-9-6-12-24(17-21)30-4/h5,7-11,14-18,20,27H,2,6,12-13H2,1,3-4H3,(H,28,29)/b8-5-,16-15+,26-14-. The first-order valence-corrected chi connectivity index (χ1v) is 10.1. The first-order valence-electron chi connectivity index (χ1n) is 10.1. The Labute approximate surface area is 179 Å².